The van der Waals surface area contributed by atoms with Gasteiger partial charge in [-0.2, -0.15) is 5.10 Å². The highest BCUT2D eigenvalue weighted by Crippen LogP contribution is 2.23. The van der Waals surface area contributed by atoms with Crippen molar-refractivity contribution in [2.75, 3.05) is 5.43 Å². The van der Waals surface area contributed by atoms with Gasteiger partial charge < -0.3 is 0 Å². The molecule has 0 fully saturated rings. The highest BCUT2D eigenvalue weighted by Gasteiger charge is 2.11. The Labute approximate surface area is 123 Å². The zero-order chi connectivity index (χ0) is 14.8. The second-order valence-corrected chi connectivity index (χ2v) is 5.38. The molecule has 0 radical (unpaired) electrons. The van der Waals surface area contributed by atoms with Crippen molar-refractivity contribution < 1.29 is 0 Å². The summed E-state index contributed by atoms with van der Waals surface area (Å²) in [5, 5.41) is 4.31. The molecule has 21 heavy (non-hydrogen) atoms. The first kappa shape index (κ1) is 13.5. The van der Waals surface area contributed by atoms with E-state index in [0.29, 0.717) is 11.6 Å². The van der Waals surface area contributed by atoms with E-state index in [0.717, 1.165) is 17.7 Å². The summed E-state index contributed by atoms with van der Waals surface area (Å²) < 4.78 is 0. The lowest BCUT2D eigenvalue weighted by Crippen LogP contribution is -2.11. The molecular formula is C16H18N4O. The predicted molar refractivity (Wildman–Crippen MR) is 83.9 cm³/mol. The van der Waals surface area contributed by atoms with Crippen molar-refractivity contribution in [1.29, 1.82) is 0 Å². The molecule has 5 heteroatoms. The minimum Gasteiger partial charge on any atom is -0.291 e. The first-order valence-corrected chi connectivity index (χ1v) is 7.12. The van der Waals surface area contributed by atoms with Gasteiger partial charge in [0.05, 0.1) is 5.71 Å². The van der Waals surface area contributed by atoms with Crippen LogP contribution >= 0.6 is 0 Å². The monoisotopic (exact) mass is 282 g/mol. The fourth-order valence-electron chi connectivity index (χ4n) is 2.63. The largest absolute Gasteiger partial charge is 0.291 e. The average molecular weight is 282 g/mol. The van der Waals surface area contributed by atoms with E-state index < -0.39 is 0 Å². The van der Waals surface area contributed by atoms with Gasteiger partial charge in [-0.3, -0.25) is 9.78 Å². The maximum absolute atomic E-state index is 11.4. The number of aryl methyl sites for hydroxylation is 3. The highest BCUT2D eigenvalue weighted by atomic mass is 16.1. The molecule has 2 N–H and O–H groups in total. The van der Waals surface area contributed by atoms with Gasteiger partial charge in [0, 0.05) is 11.8 Å². The van der Waals surface area contributed by atoms with E-state index in [1.165, 1.54) is 30.0 Å². The third-order valence-corrected chi connectivity index (χ3v) is 3.72. The molecule has 3 rings (SSSR count). The van der Waals surface area contributed by atoms with Crippen molar-refractivity contribution in [3.05, 3.63) is 57.0 Å². The number of nitrogens with zero attached hydrogens (tertiary/aromatic N) is 2. The fourth-order valence-corrected chi connectivity index (χ4v) is 2.63. The molecule has 1 aliphatic carbocycles. The average Bonchev–Trinajstić information content (AvgIpc) is 2.91. The van der Waals surface area contributed by atoms with Gasteiger partial charge in [0.2, 0.25) is 5.95 Å². The molecular weight excluding hydrogens is 264 g/mol. The van der Waals surface area contributed by atoms with Gasteiger partial charge in [-0.1, -0.05) is 12.1 Å². The van der Waals surface area contributed by atoms with Gasteiger partial charge in [0.25, 0.3) is 5.56 Å². The predicted octanol–water partition coefficient (Wildman–Crippen LogP) is 2.40. The van der Waals surface area contributed by atoms with E-state index in [1.54, 1.807) is 6.92 Å². The number of aromatic amines is 1. The quantitative estimate of drug-likeness (QED) is 0.671. The Morgan fingerprint density at radius 2 is 2.10 bits per heavy atom. The van der Waals surface area contributed by atoms with Crippen LogP contribution in [-0.4, -0.2) is 15.7 Å². The van der Waals surface area contributed by atoms with E-state index >= 15 is 0 Å². The lowest BCUT2D eigenvalue weighted by Gasteiger charge is -2.06. The molecule has 108 valence electrons. The molecule has 1 aromatic carbocycles. The Morgan fingerprint density at radius 1 is 1.29 bits per heavy atom. The van der Waals surface area contributed by atoms with Crippen LogP contribution in [0.4, 0.5) is 5.95 Å². The summed E-state index contributed by atoms with van der Waals surface area (Å²) in [7, 11) is 0. The number of hydrogen-bond acceptors (Lipinski definition) is 4. The van der Waals surface area contributed by atoms with Crippen LogP contribution in [-0.2, 0) is 12.8 Å². The van der Waals surface area contributed by atoms with Crippen LogP contribution in [0.5, 0.6) is 0 Å². The minimum absolute atomic E-state index is 0.185. The van der Waals surface area contributed by atoms with Gasteiger partial charge in [-0.25, -0.2) is 10.4 Å². The Balaban J connectivity index is 1.81. The molecule has 1 aliphatic rings. The molecule has 0 saturated carbocycles. The summed E-state index contributed by atoms with van der Waals surface area (Å²) >= 11 is 0. The lowest BCUT2D eigenvalue weighted by atomic mass is 10.0. The summed E-state index contributed by atoms with van der Waals surface area (Å²) in [6.45, 7) is 3.72. The third kappa shape index (κ3) is 3.02. The van der Waals surface area contributed by atoms with E-state index in [9.17, 15) is 4.79 Å². The molecule has 0 spiro atoms. The van der Waals surface area contributed by atoms with E-state index in [4.69, 9.17) is 0 Å². The number of rotatable bonds is 3. The molecule has 0 aliphatic heterocycles. The van der Waals surface area contributed by atoms with Crippen molar-refractivity contribution in [3.63, 3.8) is 0 Å². The molecule has 1 aromatic heterocycles. The first-order valence-electron chi connectivity index (χ1n) is 7.12. The second kappa shape index (κ2) is 5.52. The van der Waals surface area contributed by atoms with Crippen LogP contribution in [0.3, 0.4) is 0 Å². The van der Waals surface area contributed by atoms with Crippen molar-refractivity contribution in [2.24, 2.45) is 5.10 Å². The van der Waals surface area contributed by atoms with Gasteiger partial charge in [0.1, 0.15) is 0 Å². The third-order valence-electron chi connectivity index (χ3n) is 3.72. The Kier molecular flexibility index (Phi) is 3.56. The number of benzene rings is 1. The normalized spacial score (nSPS) is 14.1. The number of aromatic nitrogens is 2. The van der Waals surface area contributed by atoms with Crippen LogP contribution in [0.2, 0.25) is 0 Å². The molecule has 0 unspecified atom stereocenters. The van der Waals surface area contributed by atoms with Crippen molar-refractivity contribution >= 4 is 11.7 Å². The smallest absolute Gasteiger partial charge is 0.252 e. The van der Waals surface area contributed by atoms with Gasteiger partial charge in [-0.15, -0.1) is 0 Å². The zero-order valence-corrected chi connectivity index (χ0v) is 12.2. The molecule has 2 aromatic rings. The molecule has 0 atom stereocenters. The summed E-state index contributed by atoms with van der Waals surface area (Å²) in [6, 6.07) is 7.93. The number of hydrazone groups is 1. The Morgan fingerprint density at radius 3 is 2.90 bits per heavy atom. The standard InChI is InChI=1S/C16H18N4O/c1-10-8-15(21)18-16(17-10)20-19-11(2)13-7-6-12-4-3-5-14(12)9-13/h6-9H,3-5H2,1-2H3,(H2,17,18,20,21)/b19-11-. The summed E-state index contributed by atoms with van der Waals surface area (Å²) in [6.07, 6.45) is 3.57. The van der Waals surface area contributed by atoms with Crippen LogP contribution in [0.15, 0.2) is 34.2 Å². The summed E-state index contributed by atoms with van der Waals surface area (Å²) in [5.74, 6) is 0.362. The van der Waals surface area contributed by atoms with E-state index in [1.807, 2.05) is 6.92 Å². The maximum Gasteiger partial charge on any atom is 0.252 e. The topological polar surface area (TPSA) is 70.1 Å². The number of fused-ring (bicyclic) bond motifs is 1. The molecule has 5 nitrogen and oxygen atoms in total. The second-order valence-electron chi connectivity index (χ2n) is 5.38. The van der Waals surface area contributed by atoms with Gasteiger partial charge in [-0.05, 0) is 55.9 Å². The van der Waals surface area contributed by atoms with Gasteiger partial charge >= 0.3 is 0 Å². The van der Waals surface area contributed by atoms with E-state index in [-0.39, 0.29) is 5.56 Å². The highest BCUT2D eigenvalue weighted by molar-refractivity contribution is 5.99. The molecule has 1 heterocycles. The minimum atomic E-state index is -0.185. The Bertz CT molecular complexity index is 761. The van der Waals surface area contributed by atoms with Crippen molar-refractivity contribution in [1.82, 2.24) is 9.97 Å². The van der Waals surface area contributed by atoms with Crippen LogP contribution < -0.4 is 11.0 Å². The number of H-pyrrole nitrogens is 1. The van der Waals surface area contributed by atoms with Crippen LogP contribution in [0.25, 0.3) is 0 Å². The maximum atomic E-state index is 11.4. The SMILES string of the molecule is C/C(=N/Nc1nc(C)cc(=O)[nH]1)c1ccc2c(c1)CCC2. The number of nitrogens with one attached hydrogen (secondary N) is 2. The fraction of sp³-hybridized carbons (Fsp3) is 0.312. The molecule has 0 saturated heterocycles. The number of anilines is 1. The summed E-state index contributed by atoms with van der Waals surface area (Å²) in [4.78, 5) is 18.2. The van der Waals surface area contributed by atoms with Crippen LogP contribution in [0.1, 0.15) is 35.7 Å². The summed E-state index contributed by atoms with van der Waals surface area (Å²) in [5.41, 5.74) is 8.12. The van der Waals surface area contributed by atoms with Gasteiger partial charge in [0.15, 0.2) is 0 Å². The van der Waals surface area contributed by atoms with Crippen LogP contribution in [0, 0.1) is 6.92 Å². The number of hydrogen-bond donors (Lipinski definition) is 2. The zero-order valence-electron chi connectivity index (χ0n) is 12.2. The molecule has 0 amide bonds. The van der Waals surface area contributed by atoms with Crippen molar-refractivity contribution in [3.8, 4) is 0 Å². The lowest BCUT2D eigenvalue weighted by molar-refractivity contribution is 0.912. The van der Waals surface area contributed by atoms with Crippen molar-refractivity contribution in [2.45, 2.75) is 33.1 Å². The van der Waals surface area contributed by atoms with E-state index in [2.05, 4.69) is 38.7 Å². The molecule has 0 bridgehead atoms. The Hall–Kier alpha value is -2.43. The first-order chi connectivity index (χ1) is 10.1.